The number of hydrogen-bond donors (Lipinski definition) is 0. The topological polar surface area (TPSA) is 34.1 Å². The highest BCUT2D eigenvalue weighted by molar-refractivity contribution is 7.91. The van der Waals surface area contributed by atoms with Crippen LogP contribution in [-0.2, 0) is 9.84 Å². The van der Waals surface area contributed by atoms with E-state index in [0.717, 1.165) is 12.8 Å². The van der Waals surface area contributed by atoms with Crippen LogP contribution in [0.3, 0.4) is 0 Å². The van der Waals surface area contributed by atoms with Crippen molar-refractivity contribution in [3.63, 3.8) is 0 Å². The zero-order chi connectivity index (χ0) is 16.2. The molecule has 0 aromatic rings. The van der Waals surface area contributed by atoms with Crippen molar-refractivity contribution in [2.45, 2.75) is 85.0 Å². The van der Waals surface area contributed by atoms with Crippen LogP contribution in [0.4, 0.5) is 0 Å². The van der Waals surface area contributed by atoms with Gasteiger partial charge in [0.25, 0.3) is 0 Å². The first-order chi connectivity index (χ1) is 9.83. The first kappa shape index (κ1) is 21.2. The minimum absolute atomic E-state index is 0.118. The lowest BCUT2D eigenvalue weighted by atomic mass is 9.82. The van der Waals surface area contributed by atoms with Gasteiger partial charge in [0.05, 0.1) is 11.5 Å². The summed E-state index contributed by atoms with van der Waals surface area (Å²) >= 11 is 5.51. The van der Waals surface area contributed by atoms with Crippen molar-refractivity contribution < 1.29 is 8.42 Å². The van der Waals surface area contributed by atoms with Crippen LogP contribution in [0.25, 0.3) is 0 Å². The number of alkyl halides is 1. The molecule has 0 saturated heterocycles. The molecule has 0 aromatic carbocycles. The van der Waals surface area contributed by atoms with E-state index in [1.807, 2.05) is 0 Å². The first-order valence-corrected chi connectivity index (χ1v) is 10.9. The van der Waals surface area contributed by atoms with Crippen LogP contribution in [0.5, 0.6) is 0 Å². The Labute approximate surface area is 138 Å². The predicted octanol–water partition coefficient (Wildman–Crippen LogP) is 5.59. The standard InChI is InChI=1S/C17H35ClO2S/c1-4-5-6-7-8-9-10-12-17(2,3)13-11-15-21(19,20)16-14-18/h4-16H2,1-3H3. The molecule has 4 heteroatoms. The predicted molar refractivity (Wildman–Crippen MR) is 95.0 cm³/mol. The Hall–Kier alpha value is 0.240. The van der Waals surface area contributed by atoms with Gasteiger partial charge in [0.15, 0.2) is 9.84 Å². The summed E-state index contributed by atoms with van der Waals surface area (Å²) in [5, 5.41) is 0. The summed E-state index contributed by atoms with van der Waals surface area (Å²) < 4.78 is 23.2. The molecule has 0 atom stereocenters. The maximum absolute atomic E-state index is 11.6. The van der Waals surface area contributed by atoms with E-state index in [-0.39, 0.29) is 17.0 Å². The molecule has 0 aliphatic heterocycles. The van der Waals surface area contributed by atoms with Gasteiger partial charge < -0.3 is 0 Å². The number of unbranched alkanes of at least 4 members (excludes halogenated alkanes) is 6. The van der Waals surface area contributed by atoms with E-state index in [9.17, 15) is 8.42 Å². The zero-order valence-electron chi connectivity index (χ0n) is 14.3. The van der Waals surface area contributed by atoms with E-state index in [1.165, 1.54) is 51.4 Å². The van der Waals surface area contributed by atoms with Gasteiger partial charge in [-0.05, 0) is 24.7 Å². The van der Waals surface area contributed by atoms with E-state index in [2.05, 4.69) is 20.8 Å². The number of hydrogen-bond acceptors (Lipinski definition) is 2. The highest BCUT2D eigenvalue weighted by Crippen LogP contribution is 2.29. The lowest BCUT2D eigenvalue weighted by molar-refractivity contribution is 0.291. The highest BCUT2D eigenvalue weighted by atomic mass is 35.5. The average molecular weight is 339 g/mol. The first-order valence-electron chi connectivity index (χ1n) is 8.59. The fourth-order valence-corrected chi connectivity index (χ4v) is 4.40. The van der Waals surface area contributed by atoms with Crippen molar-refractivity contribution in [1.82, 2.24) is 0 Å². The van der Waals surface area contributed by atoms with Gasteiger partial charge in [-0.15, -0.1) is 11.6 Å². The van der Waals surface area contributed by atoms with Crippen molar-refractivity contribution in [2.75, 3.05) is 17.4 Å². The normalized spacial score (nSPS) is 12.8. The molecule has 0 amide bonds. The Morgan fingerprint density at radius 3 is 1.90 bits per heavy atom. The van der Waals surface area contributed by atoms with E-state index < -0.39 is 9.84 Å². The molecule has 0 aromatic heterocycles. The van der Waals surface area contributed by atoms with Gasteiger partial charge in [0, 0.05) is 5.88 Å². The lowest BCUT2D eigenvalue weighted by Crippen LogP contribution is -2.16. The molecule has 0 fully saturated rings. The van der Waals surface area contributed by atoms with Crippen molar-refractivity contribution >= 4 is 21.4 Å². The summed E-state index contributed by atoms with van der Waals surface area (Å²) in [6.45, 7) is 6.77. The molecule has 0 bridgehead atoms. The van der Waals surface area contributed by atoms with Crippen LogP contribution in [0, 0.1) is 5.41 Å². The average Bonchev–Trinajstić information content (AvgIpc) is 2.37. The summed E-state index contributed by atoms with van der Waals surface area (Å²) in [6.07, 6.45) is 12.3. The summed E-state index contributed by atoms with van der Waals surface area (Å²) in [6, 6.07) is 0. The molecule has 0 saturated carbocycles. The highest BCUT2D eigenvalue weighted by Gasteiger charge is 2.19. The van der Waals surface area contributed by atoms with Crippen LogP contribution in [0.15, 0.2) is 0 Å². The minimum atomic E-state index is -2.92. The van der Waals surface area contributed by atoms with Crippen molar-refractivity contribution in [3.8, 4) is 0 Å². The van der Waals surface area contributed by atoms with E-state index in [0.29, 0.717) is 5.75 Å². The quantitative estimate of drug-likeness (QED) is 0.305. The van der Waals surface area contributed by atoms with Gasteiger partial charge in [0.1, 0.15) is 0 Å². The van der Waals surface area contributed by atoms with Crippen LogP contribution in [0.2, 0.25) is 0 Å². The Bertz CT molecular complexity index is 337. The largest absolute Gasteiger partial charge is 0.229 e. The van der Waals surface area contributed by atoms with Crippen molar-refractivity contribution in [1.29, 1.82) is 0 Å². The second kappa shape index (κ2) is 11.8. The van der Waals surface area contributed by atoms with Crippen LogP contribution < -0.4 is 0 Å². The molecule has 0 radical (unpaired) electrons. The van der Waals surface area contributed by atoms with Crippen molar-refractivity contribution in [3.05, 3.63) is 0 Å². The zero-order valence-corrected chi connectivity index (χ0v) is 15.9. The molecule has 0 spiro atoms. The molecule has 21 heavy (non-hydrogen) atoms. The molecule has 0 N–H and O–H groups in total. The third-order valence-electron chi connectivity index (χ3n) is 4.15. The smallest absolute Gasteiger partial charge is 0.151 e. The minimum Gasteiger partial charge on any atom is -0.229 e. The maximum Gasteiger partial charge on any atom is 0.151 e. The fraction of sp³-hybridized carbons (Fsp3) is 1.00. The summed E-state index contributed by atoms with van der Waals surface area (Å²) in [7, 11) is -2.92. The molecule has 0 rings (SSSR count). The summed E-state index contributed by atoms with van der Waals surface area (Å²) in [5.41, 5.74) is 0.264. The van der Waals surface area contributed by atoms with Crippen LogP contribution >= 0.6 is 11.6 Å². The van der Waals surface area contributed by atoms with Crippen LogP contribution in [0.1, 0.15) is 85.0 Å². The van der Waals surface area contributed by atoms with Crippen molar-refractivity contribution in [2.24, 2.45) is 5.41 Å². The second-order valence-corrected chi connectivity index (χ2v) is 9.66. The lowest BCUT2D eigenvalue weighted by Gasteiger charge is -2.24. The molecule has 0 aliphatic carbocycles. The van der Waals surface area contributed by atoms with Gasteiger partial charge in [-0.25, -0.2) is 8.42 Å². The molecule has 2 nitrogen and oxygen atoms in total. The Morgan fingerprint density at radius 1 is 0.810 bits per heavy atom. The maximum atomic E-state index is 11.6. The van der Waals surface area contributed by atoms with Gasteiger partial charge >= 0.3 is 0 Å². The Kier molecular flexibility index (Phi) is 11.9. The molecule has 0 unspecified atom stereocenters. The van der Waals surface area contributed by atoms with Gasteiger partial charge in [-0.1, -0.05) is 65.7 Å². The van der Waals surface area contributed by atoms with Gasteiger partial charge in [0.2, 0.25) is 0 Å². The Balaban J connectivity index is 3.69. The van der Waals surface area contributed by atoms with E-state index in [4.69, 9.17) is 11.6 Å². The van der Waals surface area contributed by atoms with E-state index >= 15 is 0 Å². The molecule has 0 aliphatic rings. The second-order valence-electron chi connectivity index (χ2n) is 6.98. The third-order valence-corrected chi connectivity index (χ3v) is 6.30. The SMILES string of the molecule is CCCCCCCCCC(C)(C)CCCS(=O)(=O)CCCl. The molecular weight excluding hydrogens is 304 g/mol. The molecule has 128 valence electrons. The van der Waals surface area contributed by atoms with Gasteiger partial charge in [-0.3, -0.25) is 0 Å². The fourth-order valence-electron chi connectivity index (χ4n) is 2.68. The van der Waals surface area contributed by atoms with Crippen LogP contribution in [-0.4, -0.2) is 25.8 Å². The third kappa shape index (κ3) is 13.6. The Morgan fingerprint density at radius 2 is 1.33 bits per heavy atom. The molecular formula is C17H35ClO2S. The van der Waals surface area contributed by atoms with E-state index in [1.54, 1.807) is 0 Å². The van der Waals surface area contributed by atoms with Gasteiger partial charge in [-0.2, -0.15) is 0 Å². The number of rotatable bonds is 14. The number of sulfone groups is 1. The molecule has 0 heterocycles. The monoisotopic (exact) mass is 338 g/mol. The number of halogens is 1. The summed E-state index contributed by atoms with van der Waals surface area (Å²) in [5.74, 6) is 0.622. The summed E-state index contributed by atoms with van der Waals surface area (Å²) in [4.78, 5) is 0.